The second-order valence-corrected chi connectivity index (χ2v) is 6.70. The number of carbonyl (C=O) groups is 1. The number of hydrogen-bond acceptors (Lipinski definition) is 3. The van der Waals surface area contributed by atoms with Gasteiger partial charge in [-0.3, -0.25) is 9.69 Å². The standard InChI is InChI=1S/C15H18N2OS2/c1-16-13(10-12-8-5-9-20-12)14(18)17(15(16)19)11-6-3-2-4-7-11/h5,8-11H,2-4,6-7H2,1H3/b13-10-. The van der Waals surface area contributed by atoms with E-state index in [0.29, 0.717) is 16.9 Å². The fourth-order valence-corrected chi connectivity index (χ4v) is 3.93. The van der Waals surface area contributed by atoms with Crippen LogP contribution in [0.15, 0.2) is 23.2 Å². The molecule has 1 aromatic heterocycles. The van der Waals surface area contributed by atoms with Crippen LogP contribution in [0.25, 0.3) is 6.08 Å². The number of likely N-dealkylation sites (N-methyl/N-ethyl adjacent to an activating group) is 1. The summed E-state index contributed by atoms with van der Waals surface area (Å²) in [5.41, 5.74) is 0.697. The van der Waals surface area contributed by atoms with Crippen LogP contribution in [0, 0.1) is 0 Å². The fraction of sp³-hybridized carbons (Fsp3) is 0.467. The summed E-state index contributed by atoms with van der Waals surface area (Å²) >= 11 is 7.12. The summed E-state index contributed by atoms with van der Waals surface area (Å²) in [6.07, 6.45) is 7.77. The largest absolute Gasteiger partial charge is 0.317 e. The van der Waals surface area contributed by atoms with Gasteiger partial charge < -0.3 is 4.90 Å². The first-order valence-corrected chi connectivity index (χ1v) is 8.34. The molecule has 0 radical (unpaired) electrons. The van der Waals surface area contributed by atoms with Crippen LogP contribution in [-0.4, -0.2) is 33.9 Å². The summed E-state index contributed by atoms with van der Waals surface area (Å²) in [5, 5.41) is 2.67. The van der Waals surface area contributed by atoms with Gasteiger partial charge >= 0.3 is 0 Å². The maximum absolute atomic E-state index is 12.7. The van der Waals surface area contributed by atoms with Crippen molar-refractivity contribution >= 4 is 40.7 Å². The third-order valence-corrected chi connectivity index (χ3v) is 5.34. The summed E-state index contributed by atoms with van der Waals surface area (Å²) in [6.45, 7) is 0. The number of amides is 1. The molecule has 106 valence electrons. The number of nitrogens with zero attached hydrogens (tertiary/aromatic N) is 2. The van der Waals surface area contributed by atoms with Crippen LogP contribution in [0.3, 0.4) is 0 Å². The quantitative estimate of drug-likeness (QED) is 0.617. The van der Waals surface area contributed by atoms with Crippen molar-refractivity contribution in [1.82, 2.24) is 9.80 Å². The Kier molecular flexibility index (Phi) is 3.89. The van der Waals surface area contributed by atoms with Crippen molar-refractivity contribution in [2.75, 3.05) is 7.05 Å². The van der Waals surface area contributed by atoms with Crippen molar-refractivity contribution in [1.29, 1.82) is 0 Å². The monoisotopic (exact) mass is 306 g/mol. The van der Waals surface area contributed by atoms with Gasteiger partial charge in [0, 0.05) is 18.0 Å². The van der Waals surface area contributed by atoms with E-state index in [-0.39, 0.29) is 5.91 Å². The molecule has 1 aliphatic heterocycles. The molecule has 0 aromatic carbocycles. The van der Waals surface area contributed by atoms with Crippen LogP contribution in [-0.2, 0) is 4.79 Å². The summed E-state index contributed by atoms with van der Waals surface area (Å²) < 4.78 is 0. The highest BCUT2D eigenvalue weighted by molar-refractivity contribution is 7.80. The molecular formula is C15H18N2OS2. The molecule has 1 amide bonds. The Balaban J connectivity index is 1.87. The molecule has 0 atom stereocenters. The molecule has 0 N–H and O–H groups in total. The van der Waals surface area contributed by atoms with Gasteiger partial charge in [0.1, 0.15) is 5.70 Å². The zero-order valence-electron chi connectivity index (χ0n) is 11.5. The molecule has 1 saturated carbocycles. The molecule has 3 nitrogen and oxygen atoms in total. The molecule has 5 heteroatoms. The molecule has 2 aliphatic rings. The second kappa shape index (κ2) is 5.66. The molecule has 1 aromatic rings. The van der Waals surface area contributed by atoms with Crippen LogP contribution in [0.2, 0.25) is 0 Å². The zero-order valence-corrected chi connectivity index (χ0v) is 13.2. The molecule has 0 bridgehead atoms. The Morgan fingerprint density at radius 2 is 2.10 bits per heavy atom. The minimum absolute atomic E-state index is 0.0674. The molecule has 1 aliphatic carbocycles. The molecule has 1 saturated heterocycles. The Morgan fingerprint density at radius 3 is 2.75 bits per heavy atom. The third-order valence-electron chi connectivity index (χ3n) is 4.05. The molecule has 2 fully saturated rings. The Bertz CT molecular complexity index is 544. The van der Waals surface area contributed by atoms with Crippen LogP contribution in [0.5, 0.6) is 0 Å². The molecule has 3 rings (SSSR count). The van der Waals surface area contributed by atoms with Crippen LogP contribution in [0.4, 0.5) is 0 Å². The van der Waals surface area contributed by atoms with Gasteiger partial charge in [-0.25, -0.2) is 0 Å². The van der Waals surface area contributed by atoms with E-state index in [1.807, 2.05) is 40.4 Å². The van der Waals surface area contributed by atoms with E-state index in [1.165, 1.54) is 19.3 Å². The van der Waals surface area contributed by atoms with E-state index in [1.54, 1.807) is 11.3 Å². The van der Waals surface area contributed by atoms with Gasteiger partial charge in [0.05, 0.1) is 0 Å². The minimum Gasteiger partial charge on any atom is -0.317 e. The second-order valence-electron chi connectivity index (χ2n) is 5.35. The lowest BCUT2D eigenvalue weighted by molar-refractivity contribution is -0.124. The highest BCUT2D eigenvalue weighted by Crippen LogP contribution is 2.30. The van der Waals surface area contributed by atoms with Crippen LogP contribution in [0.1, 0.15) is 37.0 Å². The highest BCUT2D eigenvalue weighted by Gasteiger charge is 2.40. The van der Waals surface area contributed by atoms with E-state index in [9.17, 15) is 4.79 Å². The van der Waals surface area contributed by atoms with Crippen molar-refractivity contribution in [3.63, 3.8) is 0 Å². The van der Waals surface area contributed by atoms with Gasteiger partial charge in [-0.15, -0.1) is 11.3 Å². The molecule has 0 unspecified atom stereocenters. The SMILES string of the molecule is CN1C(=S)N(C2CCCCC2)C(=O)/C1=C/c1cccs1. The average Bonchev–Trinajstić information content (AvgIpc) is 3.04. The predicted molar refractivity (Wildman–Crippen MR) is 86.4 cm³/mol. The fourth-order valence-electron chi connectivity index (χ4n) is 2.95. The summed E-state index contributed by atoms with van der Waals surface area (Å²) in [4.78, 5) is 17.5. The molecular weight excluding hydrogens is 288 g/mol. The van der Waals surface area contributed by atoms with Crippen LogP contribution < -0.4 is 0 Å². The lowest BCUT2D eigenvalue weighted by Crippen LogP contribution is -2.41. The predicted octanol–water partition coefficient (Wildman–Crippen LogP) is 3.48. The molecule has 20 heavy (non-hydrogen) atoms. The van der Waals surface area contributed by atoms with Crippen molar-refractivity contribution in [3.8, 4) is 0 Å². The number of thiophene rings is 1. The maximum atomic E-state index is 12.7. The normalized spacial score (nSPS) is 23.1. The van der Waals surface area contributed by atoms with Gasteiger partial charge in [0.15, 0.2) is 5.11 Å². The van der Waals surface area contributed by atoms with Crippen molar-refractivity contribution in [2.45, 2.75) is 38.1 Å². The summed E-state index contributed by atoms with van der Waals surface area (Å²) in [7, 11) is 1.89. The van der Waals surface area contributed by atoms with Crippen LogP contribution >= 0.6 is 23.6 Å². The molecule has 2 heterocycles. The van der Waals surface area contributed by atoms with Gasteiger partial charge in [-0.2, -0.15) is 0 Å². The maximum Gasteiger partial charge on any atom is 0.277 e. The van der Waals surface area contributed by atoms with E-state index < -0.39 is 0 Å². The first-order chi connectivity index (χ1) is 9.68. The smallest absolute Gasteiger partial charge is 0.277 e. The van der Waals surface area contributed by atoms with Gasteiger partial charge in [0.2, 0.25) is 0 Å². The topological polar surface area (TPSA) is 23.6 Å². The Hall–Kier alpha value is -1.20. The third kappa shape index (κ3) is 2.40. The highest BCUT2D eigenvalue weighted by atomic mass is 32.1. The van der Waals surface area contributed by atoms with E-state index in [2.05, 4.69) is 0 Å². The first-order valence-electron chi connectivity index (χ1n) is 7.05. The minimum atomic E-state index is 0.0674. The van der Waals surface area contributed by atoms with E-state index >= 15 is 0 Å². The van der Waals surface area contributed by atoms with E-state index in [0.717, 1.165) is 17.7 Å². The number of rotatable bonds is 2. The molecule has 0 spiro atoms. The van der Waals surface area contributed by atoms with Crippen molar-refractivity contribution in [3.05, 3.63) is 28.1 Å². The lowest BCUT2D eigenvalue weighted by atomic mass is 9.94. The van der Waals surface area contributed by atoms with Gasteiger partial charge in [-0.1, -0.05) is 25.3 Å². The average molecular weight is 306 g/mol. The number of thiocarbonyl (C=S) groups is 1. The summed E-state index contributed by atoms with van der Waals surface area (Å²) in [5.74, 6) is 0.0674. The summed E-state index contributed by atoms with van der Waals surface area (Å²) in [6, 6.07) is 4.30. The van der Waals surface area contributed by atoms with Crippen molar-refractivity contribution < 1.29 is 4.79 Å². The zero-order chi connectivity index (χ0) is 14.1. The number of hydrogen-bond donors (Lipinski definition) is 0. The Morgan fingerprint density at radius 1 is 1.35 bits per heavy atom. The van der Waals surface area contributed by atoms with Gasteiger partial charge in [-0.05, 0) is 42.6 Å². The lowest BCUT2D eigenvalue weighted by Gasteiger charge is -2.30. The van der Waals surface area contributed by atoms with Crippen molar-refractivity contribution in [2.24, 2.45) is 0 Å². The van der Waals surface area contributed by atoms with Gasteiger partial charge in [0.25, 0.3) is 5.91 Å². The number of carbonyl (C=O) groups excluding carboxylic acids is 1. The first kappa shape index (κ1) is 13.8. The van der Waals surface area contributed by atoms with E-state index in [4.69, 9.17) is 12.2 Å². The Labute approximate surface area is 128 Å².